The Labute approximate surface area is 71.6 Å². The summed E-state index contributed by atoms with van der Waals surface area (Å²) in [5.74, 6) is 0.787. The van der Waals surface area contributed by atoms with Crippen LogP contribution in [0.2, 0.25) is 0 Å². The molecule has 1 saturated carbocycles. The molecule has 0 aromatic carbocycles. The summed E-state index contributed by atoms with van der Waals surface area (Å²) in [6.45, 7) is 0. The second-order valence-electron chi connectivity index (χ2n) is 3.26. The van der Waals surface area contributed by atoms with Crippen LogP contribution < -0.4 is 0 Å². The average Bonchev–Trinajstić information content (AvgIpc) is 2.58. The van der Waals surface area contributed by atoms with Gasteiger partial charge in [0, 0.05) is 11.3 Å². The predicted molar refractivity (Wildman–Crippen MR) is 47.9 cm³/mol. The summed E-state index contributed by atoms with van der Waals surface area (Å²) in [6.07, 6.45) is 6.97. The molecule has 1 aromatic heterocycles. The smallest absolute Gasteiger partial charge is 0.0573 e. The molecule has 0 spiro atoms. The van der Waals surface area contributed by atoms with Gasteiger partial charge in [0.2, 0.25) is 0 Å². The predicted octanol–water partition coefficient (Wildman–Crippen LogP) is 3.19. The molecule has 0 amide bonds. The zero-order valence-electron chi connectivity index (χ0n) is 6.62. The monoisotopic (exact) mass is 167 g/mol. The van der Waals surface area contributed by atoms with Gasteiger partial charge in [-0.05, 0) is 30.4 Å². The van der Waals surface area contributed by atoms with Crippen molar-refractivity contribution in [2.24, 2.45) is 0 Å². The zero-order valence-corrected chi connectivity index (χ0v) is 7.44. The molecule has 1 heterocycles. The molecule has 1 aliphatic rings. The number of nitrogens with zero attached hydrogens (tertiary/aromatic N) is 1. The summed E-state index contributed by atoms with van der Waals surface area (Å²) in [4.78, 5) is 0. The van der Waals surface area contributed by atoms with Crippen molar-refractivity contribution in [2.75, 3.05) is 0 Å². The van der Waals surface area contributed by atoms with E-state index in [0.717, 1.165) is 5.92 Å². The van der Waals surface area contributed by atoms with Crippen molar-refractivity contribution in [1.82, 2.24) is 4.37 Å². The van der Waals surface area contributed by atoms with Gasteiger partial charge in [-0.1, -0.05) is 19.3 Å². The van der Waals surface area contributed by atoms with E-state index >= 15 is 0 Å². The Morgan fingerprint density at radius 3 is 2.73 bits per heavy atom. The van der Waals surface area contributed by atoms with Gasteiger partial charge in [-0.2, -0.15) is 4.37 Å². The van der Waals surface area contributed by atoms with E-state index in [1.165, 1.54) is 37.8 Å². The highest BCUT2D eigenvalue weighted by Gasteiger charge is 2.16. The van der Waals surface area contributed by atoms with Crippen molar-refractivity contribution in [3.05, 3.63) is 17.1 Å². The molecular formula is C9H13NS. The highest BCUT2D eigenvalue weighted by atomic mass is 32.1. The first-order chi connectivity index (χ1) is 5.47. The third-order valence-electron chi connectivity index (χ3n) is 2.48. The third kappa shape index (κ3) is 1.62. The Balaban J connectivity index is 2.04. The normalized spacial score (nSPS) is 20.4. The summed E-state index contributed by atoms with van der Waals surface area (Å²) in [6, 6.07) is 2.18. The van der Waals surface area contributed by atoms with Gasteiger partial charge in [-0.25, -0.2) is 0 Å². The van der Waals surface area contributed by atoms with Crippen molar-refractivity contribution in [2.45, 2.75) is 38.0 Å². The minimum atomic E-state index is 0.787. The number of rotatable bonds is 1. The lowest BCUT2D eigenvalue weighted by atomic mass is 9.87. The Morgan fingerprint density at radius 1 is 1.27 bits per heavy atom. The topological polar surface area (TPSA) is 12.9 Å². The molecule has 0 aliphatic heterocycles. The van der Waals surface area contributed by atoms with Crippen molar-refractivity contribution >= 4 is 11.5 Å². The molecule has 2 heteroatoms. The Hall–Kier alpha value is -0.370. The Morgan fingerprint density at radius 2 is 2.09 bits per heavy atom. The van der Waals surface area contributed by atoms with Crippen LogP contribution in [0.15, 0.2) is 11.4 Å². The molecule has 1 aliphatic carbocycles. The van der Waals surface area contributed by atoms with Gasteiger partial charge < -0.3 is 0 Å². The average molecular weight is 167 g/mol. The Bertz CT molecular complexity index is 199. The zero-order chi connectivity index (χ0) is 7.52. The minimum Gasteiger partial charge on any atom is -0.197 e. The Kier molecular flexibility index (Phi) is 2.22. The van der Waals surface area contributed by atoms with Crippen molar-refractivity contribution in [3.8, 4) is 0 Å². The van der Waals surface area contributed by atoms with Gasteiger partial charge >= 0.3 is 0 Å². The maximum atomic E-state index is 4.38. The molecule has 11 heavy (non-hydrogen) atoms. The van der Waals surface area contributed by atoms with Gasteiger partial charge in [0.05, 0.1) is 5.69 Å². The molecule has 0 unspecified atom stereocenters. The first-order valence-corrected chi connectivity index (χ1v) is 5.21. The van der Waals surface area contributed by atoms with Gasteiger partial charge in [0.25, 0.3) is 0 Å². The fraction of sp³-hybridized carbons (Fsp3) is 0.667. The van der Waals surface area contributed by atoms with E-state index in [4.69, 9.17) is 0 Å². The van der Waals surface area contributed by atoms with E-state index in [2.05, 4.69) is 15.8 Å². The van der Waals surface area contributed by atoms with Gasteiger partial charge in [0.15, 0.2) is 0 Å². The standard InChI is InChI=1S/C9H13NS/c1-2-4-8(5-3-1)9-6-7-11-10-9/h6-8H,1-5H2. The molecule has 2 rings (SSSR count). The maximum Gasteiger partial charge on any atom is 0.0573 e. The molecule has 0 bridgehead atoms. The van der Waals surface area contributed by atoms with Gasteiger partial charge in [-0.3, -0.25) is 0 Å². The number of aromatic nitrogens is 1. The van der Waals surface area contributed by atoms with Gasteiger partial charge in [-0.15, -0.1) is 0 Å². The fourth-order valence-electron chi connectivity index (χ4n) is 1.83. The molecule has 0 radical (unpaired) electrons. The van der Waals surface area contributed by atoms with Crippen LogP contribution in [0, 0.1) is 0 Å². The highest BCUT2D eigenvalue weighted by Crippen LogP contribution is 2.31. The van der Waals surface area contributed by atoms with E-state index in [0.29, 0.717) is 0 Å². The molecular weight excluding hydrogens is 154 g/mol. The third-order valence-corrected chi connectivity index (χ3v) is 3.06. The van der Waals surface area contributed by atoms with Crippen LogP contribution in [0.1, 0.15) is 43.7 Å². The largest absolute Gasteiger partial charge is 0.197 e. The molecule has 0 atom stereocenters. The summed E-state index contributed by atoms with van der Waals surface area (Å²) in [5, 5.41) is 2.09. The second-order valence-corrected chi connectivity index (χ2v) is 3.92. The molecule has 60 valence electrons. The lowest BCUT2D eigenvalue weighted by Crippen LogP contribution is -2.04. The van der Waals surface area contributed by atoms with Crippen LogP contribution in [0.4, 0.5) is 0 Å². The molecule has 1 fully saturated rings. The van der Waals surface area contributed by atoms with Crippen LogP contribution in [-0.2, 0) is 0 Å². The van der Waals surface area contributed by atoms with E-state index in [1.807, 2.05) is 0 Å². The summed E-state index contributed by atoms with van der Waals surface area (Å²) in [7, 11) is 0. The lowest BCUT2D eigenvalue weighted by molar-refractivity contribution is 0.439. The van der Waals surface area contributed by atoms with Crippen molar-refractivity contribution in [1.29, 1.82) is 0 Å². The highest BCUT2D eigenvalue weighted by molar-refractivity contribution is 7.03. The fourth-order valence-corrected chi connectivity index (χ4v) is 2.42. The van der Waals surface area contributed by atoms with E-state index in [-0.39, 0.29) is 0 Å². The summed E-state index contributed by atoms with van der Waals surface area (Å²) in [5.41, 5.74) is 1.34. The van der Waals surface area contributed by atoms with E-state index in [1.54, 1.807) is 11.5 Å². The van der Waals surface area contributed by atoms with Crippen LogP contribution in [0.5, 0.6) is 0 Å². The quantitative estimate of drug-likeness (QED) is 0.626. The molecule has 1 aromatic rings. The molecule has 1 nitrogen and oxygen atoms in total. The first-order valence-electron chi connectivity index (χ1n) is 4.37. The van der Waals surface area contributed by atoms with Crippen LogP contribution in [-0.4, -0.2) is 4.37 Å². The summed E-state index contributed by atoms with van der Waals surface area (Å²) >= 11 is 1.58. The maximum absolute atomic E-state index is 4.38. The van der Waals surface area contributed by atoms with Crippen LogP contribution >= 0.6 is 11.5 Å². The van der Waals surface area contributed by atoms with Crippen LogP contribution in [0.25, 0.3) is 0 Å². The molecule has 0 saturated heterocycles. The first kappa shape index (κ1) is 7.29. The second kappa shape index (κ2) is 3.35. The summed E-state index contributed by atoms with van der Waals surface area (Å²) < 4.78 is 4.38. The molecule has 0 N–H and O–H groups in total. The SMILES string of the molecule is c1cc(C2CCCCC2)ns1. The van der Waals surface area contributed by atoms with Crippen LogP contribution in [0.3, 0.4) is 0 Å². The number of hydrogen-bond acceptors (Lipinski definition) is 2. The number of hydrogen-bond donors (Lipinski definition) is 0. The van der Waals surface area contributed by atoms with Gasteiger partial charge in [0.1, 0.15) is 0 Å². The van der Waals surface area contributed by atoms with Crippen molar-refractivity contribution in [3.63, 3.8) is 0 Å². The minimum absolute atomic E-state index is 0.787. The van der Waals surface area contributed by atoms with E-state index < -0.39 is 0 Å². The van der Waals surface area contributed by atoms with Crippen molar-refractivity contribution < 1.29 is 0 Å². The van der Waals surface area contributed by atoms with E-state index in [9.17, 15) is 0 Å². The lowest BCUT2D eigenvalue weighted by Gasteiger charge is -2.19.